The van der Waals surface area contributed by atoms with Gasteiger partial charge in [0.05, 0.1) is 78.0 Å². The van der Waals surface area contributed by atoms with E-state index in [9.17, 15) is 10.5 Å². The van der Waals surface area contributed by atoms with E-state index in [0.29, 0.717) is 11.4 Å². The van der Waals surface area contributed by atoms with Gasteiger partial charge in [-0.2, -0.15) is 10.5 Å². The number of nitrogens with zero attached hydrogens (tertiary/aromatic N) is 6. The first-order valence-corrected chi connectivity index (χ1v) is 22.2. The Morgan fingerprint density at radius 1 is 0.242 bits per heavy atom. The van der Waals surface area contributed by atoms with E-state index in [1.54, 1.807) is 0 Å². The van der Waals surface area contributed by atoms with Crippen LogP contribution in [0.3, 0.4) is 0 Å². The fraction of sp³-hybridized carbons (Fsp3) is 0. The molecule has 10 aromatic carbocycles. The molecule has 0 saturated heterocycles. The van der Waals surface area contributed by atoms with Gasteiger partial charge < -0.3 is 18.3 Å². The molecule has 304 valence electrons. The Labute approximate surface area is 377 Å². The summed E-state index contributed by atoms with van der Waals surface area (Å²) in [6, 6.07) is 77.8. The molecule has 0 aliphatic carbocycles. The van der Waals surface area contributed by atoms with Crippen molar-refractivity contribution < 1.29 is 0 Å². The Morgan fingerprint density at radius 3 is 0.879 bits per heavy atom. The molecule has 0 aliphatic heterocycles. The van der Waals surface area contributed by atoms with Crippen molar-refractivity contribution in [3.63, 3.8) is 0 Å². The van der Waals surface area contributed by atoms with Crippen molar-refractivity contribution in [1.82, 2.24) is 18.3 Å². The minimum absolute atomic E-state index is 0.284. The van der Waals surface area contributed by atoms with Crippen LogP contribution in [0.2, 0.25) is 0 Å². The highest BCUT2D eigenvalue weighted by Crippen LogP contribution is 2.49. The summed E-state index contributed by atoms with van der Waals surface area (Å²) in [6.07, 6.45) is 0. The summed E-state index contributed by atoms with van der Waals surface area (Å²) in [4.78, 5) is 0. The zero-order valence-electron chi connectivity index (χ0n) is 35.3. The van der Waals surface area contributed by atoms with Gasteiger partial charge in [-0.3, -0.25) is 0 Å². The second-order valence-corrected chi connectivity index (χ2v) is 17.0. The lowest BCUT2D eigenvalue weighted by atomic mass is 9.98. The SMILES string of the molecule is N#Cc1c(C#N)c(-n2c3ccccc3c3ccc4ccccc4c32)c(-n2c3ccccc3c3ccccc32)c(-n2c3ccccc3c3ccccc32)c1-n1c2ccccc2c2ccccc21. The lowest BCUT2D eigenvalue weighted by Crippen LogP contribution is -2.17. The zero-order valence-corrected chi connectivity index (χ0v) is 35.3. The summed E-state index contributed by atoms with van der Waals surface area (Å²) < 4.78 is 9.26. The molecule has 0 N–H and O–H groups in total. The maximum atomic E-state index is 12.1. The van der Waals surface area contributed by atoms with E-state index in [0.717, 1.165) is 109 Å². The molecule has 0 bridgehead atoms. The Hall–Kier alpha value is -9.36. The average molecular weight is 839 g/mol. The van der Waals surface area contributed by atoms with Crippen molar-refractivity contribution >= 4 is 98.0 Å². The largest absolute Gasteiger partial charge is 0.306 e. The smallest absolute Gasteiger partial charge is 0.103 e. The molecule has 4 heterocycles. The number of benzene rings is 10. The van der Waals surface area contributed by atoms with Crippen LogP contribution in [0.5, 0.6) is 0 Å². The van der Waals surface area contributed by atoms with E-state index in [1.165, 1.54) is 0 Å². The highest BCUT2D eigenvalue weighted by molar-refractivity contribution is 6.20. The third-order valence-corrected chi connectivity index (χ3v) is 13.8. The number of para-hydroxylation sites is 7. The van der Waals surface area contributed by atoms with E-state index in [2.05, 4.69) is 237 Å². The van der Waals surface area contributed by atoms with Crippen molar-refractivity contribution in [3.05, 3.63) is 217 Å². The molecule has 66 heavy (non-hydrogen) atoms. The molecule has 0 aliphatic rings. The molecule has 0 radical (unpaired) electrons. The average Bonchev–Trinajstić information content (AvgIpc) is 4.11. The molecule has 0 saturated carbocycles. The lowest BCUT2D eigenvalue weighted by Gasteiger charge is -2.28. The maximum absolute atomic E-state index is 12.1. The predicted octanol–water partition coefficient (Wildman–Crippen LogP) is 15.0. The number of aromatic nitrogens is 4. The first kappa shape index (κ1) is 36.2. The Kier molecular flexibility index (Phi) is 7.43. The predicted molar refractivity (Wildman–Crippen MR) is 271 cm³/mol. The van der Waals surface area contributed by atoms with Crippen LogP contribution < -0.4 is 0 Å². The molecule has 0 atom stereocenters. The van der Waals surface area contributed by atoms with Crippen LogP contribution in [-0.4, -0.2) is 18.3 Å². The lowest BCUT2D eigenvalue weighted by molar-refractivity contribution is 1.01. The number of hydrogen-bond donors (Lipinski definition) is 0. The second kappa shape index (κ2) is 13.6. The van der Waals surface area contributed by atoms with Gasteiger partial charge in [0, 0.05) is 48.5 Å². The quantitative estimate of drug-likeness (QED) is 0.177. The van der Waals surface area contributed by atoms with Crippen LogP contribution in [0, 0.1) is 22.7 Å². The summed E-state index contributed by atoms with van der Waals surface area (Å²) >= 11 is 0. The van der Waals surface area contributed by atoms with Gasteiger partial charge in [-0.15, -0.1) is 0 Å². The van der Waals surface area contributed by atoms with Gasteiger partial charge in [-0.1, -0.05) is 164 Å². The van der Waals surface area contributed by atoms with Gasteiger partial charge in [0.15, 0.2) is 0 Å². The Bertz CT molecular complexity index is 4340. The maximum Gasteiger partial charge on any atom is 0.103 e. The molecule has 14 aromatic rings. The minimum Gasteiger partial charge on any atom is -0.306 e. The van der Waals surface area contributed by atoms with Crippen LogP contribution in [0.4, 0.5) is 0 Å². The molecule has 0 unspecified atom stereocenters. The number of rotatable bonds is 4. The number of hydrogen-bond acceptors (Lipinski definition) is 2. The van der Waals surface area contributed by atoms with Gasteiger partial charge in [0.1, 0.15) is 12.1 Å². The normalized spacial score (nSPS) is 11.9. The third-order valence-electron chi connectivity index (χ3n) is 13.8. The first-order chi connectivity index (χ1) is 32.7. The van der Waals surface area contributed by atoms with Crippen LogP contribution in [0.15, 0.2) is 206 Å². The molecule has 0 fully saturated rings. The molecule has 4 aromatic heterocycles. The number of nitriles is 2. The number of fused-ring (bicyclic) bond motifs is 14. The molecule has 0 amide bonds. The van der Waals surface area contributed by atoms with Gasteiger partial charge in [0.25, 0.3) is 0 Å². The Balaban J connectivity index is 1.37. The second-order valence-electron chi connectivity index (χ2n) is 17.0. The third kappa shape index (κ3) is 4.66. The standard InChI is InChI=1S/C60H34N6/c61-35-47-48(36-62)58(66-55-32-16-9-25-45(55)46-34-33-37-17-1-2-18-38(37)56(46)66)60(65-53-30-14-7-23-43(53)44-24-8-15-31-54(44)65)59(64-51-28-12-5-21-41(51)42-22-6-13-29-52(42)64)57(47)63-49-26-10-3-19-39(49)40-20-4-11-27-50(40)63/h1-34H. The monoisotopic (exact) mass is 838 g/mol. The van der Waals surface area contributed by atoms with Crippen LogP contribution in [-0.2, 0) is 0 Å². The van der Waals surface area contributed by atoms with Gasteiger partial charge in [0.2, 0.25) is 0 Å². The van der Waals surface area contributed by atoms with Crippen LogP contribution >= 0.6 is 0 Å². The van der Waals surface area contributed by atoms with E-state index >= 15 is 0 Å². The van der Waals surface area contributed by atoms with Crippen molar-refractivity contribution in [2.45, 2.75) is 0 Å². The molecule has 14 rings (SSSR count). The van der Waals surface area contributed by atoms with E-state index < -0.39 is 0 Å². The molecule has 0 spiro atoms. The molecule has 6 heteroatoms. The van der Waals surface area contributed by atoms with Crippen molar-refractivity contribution in [3.8, 4) is 34.9 Å². The summed E-state index contributed by atoms with van der Waals surface area (Å²) in [5.41, 5.74) is 11.1. The fourth-order valence-electron chi connectivity index (χ4n) is 11.2. The van der Waals surface area contributed by atoms with Crippen molar-refractivity contribution in [2.75, 3.05) is 0 Å². The fourth-order valence-corrected chi connectivity index (χ4v) is 11.2. The first-order valence-electron chi connectivity index (χ1n) is 22.2. The van der Waals surface area contributed by atoms with Gasteiger partial charge >= 0.3 is 0 Å². The van der Waals surface area contributed by atoms with Crippen LogP contribution in [0.1, 0.15) is 11.1 Å². The molecule has 6 nitrogen and oxygen atoms in total. The van der Waals surface area contributed by atoms with Gasteiger partial charge in [-0.25, -0.2) is 0 Å². The van der Waals surface area contributed by atoms with E-state index in [4.69, 9.17) is 0 Å². The Morgan fingerprint density at radius 2 is 0.515 bits per heavy atom. The summed E-state index contributed by atoms with van der Waals surface area (Å²) in [5.74, 6) is 0. The summed E-state index contributed by atoms with van der Waals surface area (Å²) in [6.45, 7) is 0. The highest BCUT2D eigenvalue weighted by atomic mass is 15.1. The minimum atomic E-state index is 0.284. The van der Waals surface area contributed by atoms with Crippen molar-refractivity contribution in [2.24, 2.45) is 0 Å². The highest BCUT2D eigenvalue weighted by Gasteiger charge is 2.34. The summed E-state index contributed by atoms with van der Waals surface area (Å²) in [5, 5.41) is 34.9. The zero-order chi connectivity index (χ0) is 43.6. The topological polar surface area (TPSA) is 67.3 Å². The van der Waals surface area contributed by atoms with Crippen LogP contribution in [0.25, 0.3) is 121 Å². The molecular weight excluding hydrogens is 805 g/mol. The molecular formula is C60H34N6. The van der Waals surface area contributed by atoms with E-state index in [-0.39, 0.29) is 11.1 Å². The van der Waals surface area contributed by atoms with E-state index in [1.807, 2.05) is 0 Å². The summed E-state index contributed by atoms with van der Waals surface area (Å²) in [7, 11) is 0. The van der Waals surface area contributed by atoms with Crippen molar-refractivity contribution in [1.29, 1.82) is 10.5 Å². The van der Waals surface area contributed by atoms with Gasteiger partial charge in [-0.05, 0) is 47.9 Å².